The van der Waals surface area contributed by atoms with Crippen LogP contribution in [0.5, 0.6) is 0 Å². The van der Waals surface area contributed by atoms with E-state index in [4.69, 9.17) is 5.11 Å². The SMILES string of the molecule is CCCN(CC(=O)N(C)C)C(=O)N[C@H](CCSC)C(=O)O. The van der Waals surface area contributed by atoms with Crippen LogP contribution < -0.4 is 5.32 Å². The minimum absolute atomic E-state index is 0.0540. The van der Waals surface area contributed by atoms with Crippen molar-refractivity contribution in [1.82, 2.24) is 15.1 Å². The van der Waals surface area contributed by atoms with Gasteiger partial charge in [-0.05, 0) is 24.9 Å². The number of nitrogens with one attached hydrogen (secondary N) is 1. The van der Waals surface area contributed by atoms with Crippen LogP contribution >= 0.6 is 11.8 Å². The Hall–Kier alpha value is -1.44. The summed E-state index contributed by atoms with van der Waals surface area (Å²) in [5.74, 6) is -0.621. The summed E-state index contributed by atoms with van der Waals surface area (Å²) in [7, 11) is 3.23. The second-order valence-electron chi connectivity index (χ2n) is 4.83. The minimum Gasteiger partial charge on any atom is -0.480 e. The van der Waals surface area contributed by atoms with E-state index in [1.165, 1.54) is 21.6 Å². The Kier molecular flexibility index (Phi) is 9.60. The Labute approximate surface area is 130 Å². The van der Waals surface area contributed by atoms with Crippen molar-refractivity contribution in [3.63, 3.8) is 0 Å². The third-order valence-electron chi connectivity index (χ3n) is 2.81. The maximum atomic E-state index is 12.1. The van der Waals surface area contributed by atoms with Crippen molar-refractivity contribution in [2.75, 3.05) is 39.2 Å². The average Bonchev–Trinajstić information content (AvgIpc) is 2.41. The molecule has 0 saturated carbocycles. The summed E-state index contributed by atoms with van der Waals surface area (Å²) in [6, 6.07) is -1.45. The number of rotatable bonds is 9. The van der Waals surface area contributed by atoms with E-state index >= 15 is 0 Å². The number of aliphatic carboxylic acids is 1. The molecular weight excluding hydrogens is 294 g/mol. The molecule has 0 aliphatic heterocycles. The van der Waals surface area contributed by atoms with Crippen LogP contribution in [0.2, 0.25) is 0 Å². The lowest BCUT2D eigenvalue weighted by molar-refractivity contribution is -0.139. The van der Waals surface area contributed by atoms with Gasteiger partial charge in [-0.1, -0.05) is 6.92 Å². The molecule has 0 aromatic carbocycles. The summed E-state index contributed by atoms with van der Waals surface area (Å²) in [4.78, 5) is 37.7. The highest BCUT2D eigenvalue weighted by atomic mass is 32.2. The lowest BCUT2D eigenvalue weighted by atomic mass is 10.2. The van der Waals surface area contributed by atoms with Gasteiger partial charge < -0.3 is 20.2 Å². The summed E-state index contributed by atoms with van der Waals surface area (Å²) in [5.41, 5.74) is 0. The number of carboxylic acids is 1. The van der Waals surface area contributed by atoms with Gasteiger partial charge in [-0.3, -0.25) is 4.79 Å². The highest BCUT2D eigenvalue weighted by molar-refractivity contribution is 7.98. The predicted molar refractivity (Wildman–Crippen MR) is 83.5 cm³/mol. The topological polar surface area (TPSA) is 90.0 Å². The number of carbonyl (C=O) groups excluding carboxylic acids is 2. The summed E-state index contributed by atoms with van der Waals surface area (Å²) in [6.45, 7) is 2.24. The van der Waals surface area contributed by atoms with E-state index in [0.29, 0.717) is 25.1 Å². The molecule has 0 aromatic rings. The lowest BCUT2D eigenvalue weighted by Gasteiger charge is -2.25. The van der Waals surface area contributed by atoms with E-state index in [9.17, 15) is 14.4 Å². The summed E-state index contributed by atoms with van der Waals surface area (Å²) in [5, 5.41) is 11.6. The van der Waals surface area contributed by atoms with Crippen LogP contribution in [0.15, 0.2) is 0 Å². The molecule has 0 radical (unpaired) electrons. The Morgan fingerprint density at radius 2 is 1.90 bits per heavy atom. The van der Waals surface area contributed by atoms with Crippen LogP contribution in [0.3, 0.4) is 0 Å². The van der Waals surface area contributed by atoms with Crippen LogP contribution in [-0.2, 0) is 9.59 Å². The zero-order valence-corrected chi connectivity index (χ0v) is 13.9. The fourth-order valence-electron chi connectivity index (χ4n) is 1.56. The number of carboxylic acid groups (broad SMARTS) is 1. The molecule has 2 N–H and O–H groups in total. The first-order chi connectivity index (χ1) is 9.83. The molecule has 0 aromatic heterocycles. The molecule has 0 rings (SSSR count). The normalized spacial score (nSPS) is 11.6. The van der Waals surface area contributed by atoms with Gasteiger partial charge in [0.1, 0.15) is 12.6 Å². The largest absolute Gasteiger partial charge is 0.480 e. The van der Waals surface area contributed by atoms with Crippen LogP contribution in [0, 0.1) is 0 Å². The number of thioether (sulfide) groups is 1. The number of urea groups is 1. The van der Waals surface area contributed by atoms with Gasteiger partial charge in [0.2, 0.25) is 5.91 Å². The Balaban J connectivity index is 4.70. The van der Waals surface area contributed by atoms with Crippen molar-refractivity contribution in [2.24, 2.45) is 0 Å². The highest BCUT2D eigenvalue weighted by Gasteiger charge is 2.24. The Morgan fingerprint density at radius 3 is 2.33 bits per heavy atom. The lowest BCUT2D eigenvalue weighted by Crippen LogP contribution is -2.50. The third kappa shape index (κ3) is 7.79. The van der Waals surface area contributed by atoms with Gasteiger partial charge in [0.05, 0.1) is 0 Å². The maximum absolute atomic E-state index is 12.1. The first-order valence-corrected chi connectivity index (χ1v) is 8.20. The zero-order chi connectivity index (χ0) is 16.4. The van der Waals surface area contributed by atoms with Crippen molar-refractivity contribution in [1.29, 1.82) is 0 Å². The van der Waals surface area contributed by atoms with Crippen LogP contribution in [0.25, 0.3) is 0 Å². The first kappa shape index (κ1) is 19.6. The van der Waals surface area contributed by atoms with E-state index < -0.39 is 18.0 Å². The molecule has 0 fully saturated rings. The Bertz CT molecular complexity index is 363. The third-order valence-corrected chi connectivity index (χ3v) is 3.46. The van der Waals surface area contributed by atoms with Crippen molar-refractivity contribution >= 4 is 29.7 Å². The molecule has 0 saturated heterocycles. The number of nitrogens with zero attached hydrogens (tertiary/aromatic N) is 2. The molecule has 8 heteroatoms. The predicted octanol–water partition coefficient (Wildman–Crippen LogP) is 0.703. The minimum atomic E-state index is -1.06. The van der Waals surface area contributed by atoms with Gasteiger partial charge in [0.15, 0.2) is 0 Å². The monoisotopic (exact) mass is 319 g/mol. The number of hydrogen-bond donors (Lipinski definition) is 2. The van der Waals surface area contributed by atoms with Gasteiger partial charge in [0.25, 0.3) is 0 Å². The van der Waals surface area contributed by atoms with Crippen molar-refractivity contribution in [3.05, 3.63) is 0 Å². The van der Waals surface area contributed by atoms with E-state index in [2.05, 4.69) is 5.32 Å². The van der Waals surface area contributed by atoms with Crippen molar-refractivity contribution < 1.29 is 19.5 Å². The molecule has 3 amide bonds. The zero-order valence-electron chi connectivity index (χ0n) is 13.1. The summed E-state index contributed by atoms with van der Waals surface area (Å²) >= 11 is 1.52. The van der Waals surface area contributed by atoms with Gasteiger partial charge in [-0.2, -0.15) is 11.8 Å². The fraction of sp³-hybridized carbons (Fsp3) is 0.769. The number of likely N-dealkylation sites (N-methyl/N-ethyl adjacent to an activating group) is 1. The molecular formula is C13H25N3O4S. The van der Waals surface area contributed by atoms with Gasteiger partial charge in [-0.25, -0.2) is 9.59 Å². The molecule has 0 aliphatic rings. The smallest absolute Gasteiger partial charge is 0.326 e. The molecule has 122 valence electrons. The van der Waals surface area contributed by atoms with Crippen LogP contribution in [0.4, 0.5) is 4.79 Å². The number of carbonyl (C=O) groups is 3. The number of hydrogen-bond acceptors (Lipinski definition) is 4. The summed E-state index contributed by atoms with van der Waals surface area (Å²) in [6.07, 6.45) is 2.92. The van der Waals surface area contributed by atoms with E-state index in [1.54, 1.807) is 14.1 Å². The van der Waals surface area contributed by atoms with Crippen LogP contribution in [0.1, 0.15) is 19.8 Å². The van der Waals surface area contributed by atoms with E-state index in [0.717, 1.165) is 0 Å². The van der Waals surface area contributed by atoms with Gasteiger partial charge in [-0.15, -0.1) is 0 Å². The second kappa shape index (κ2) is 10.3. The van der Waals surface area contributed by atoms with E-state index in [1.807, 2.05) is 13.2 Å². The second-order valence-corrected chi connectivity index (χ2v) is 5.82. The molecule has 21 heavy (non-hydrogen) atoms. The molecule has 0 bridgehead atoms. The molecule has 7 nitrogen and oxygen atoms in total. The van der Waals surface area contributed by atoms with Crippen LogP contribution in [-0.4, -0.2) is 78.0 Å². The molecule has 1 atom stereocenters. The molecule has 0 unspecified atom stereocenters. The van der Waals surface area contributed by atoms with Crippen molar-refractivity contribution in [3.8, 4) is 0 Å². The maximum Gasteiger partial charge on any atom is 0.326 e. The van der Waals surface area contributed by atoms with Crippen molar-refractivity contribution in [2.45, 2.75) is 25.8 Å². The molecule has 0 heterocycles. The quantitative estimate of drug-likeness (QED) is 0.653. The average molecular weight is 319 g/mol. The number of amides is 3. The molecule has 0 spiro atoms. The first-order valence-electron chi connectivity index (χ1n) is 6.80. The highest BCUT2D eigenvalue weighted by Crippen LogP contribution is 2.03. The van der Waals surface area contributed by atoms with E-state index in [-0.39, 0.29) is 12.5 Å². The fourth-order valence-corrected chi connectivity index (χ4v) is 2.03. The Morgan fingerprint density at radius 1 is 1.29 bits per heavy atom. The van der Waals surface area contributed by atoms with Gasteiger partial charge in [0, 0.05) is 20.6 Å². The standard InChI is InChI=1S/C13H25N3O4S/c1-5-7-16(9-11(17)15(2)3)13(20)14-10(12(18)19)6-8-21-4/h10H,5-9H2,1-4H3,(H,14,20)(H,18,19)/t10-/m1/s1. The summed E-state index contributed by atoms with van der Waals surface area (Å²) < 4.78 is 0. The van der Waals surface area contributed by atoms with Gasteiger partial charge >= 0.3 is 12.0 Å². The molecule has 0 aliphatic carbocycles.